The maximum Gasteiger partial charge on any atom is 0.287 e. The fraction of sp³-hybridized carbons (Fsp3) is 0.211. The van der Waals surface area contributed by atoms with E-state index in [-0.39, 0.29) is 23.0 Å². The molecule has 0 saturated heterocycles. The summed E-state index contributed by atoms with van der Waals surface area (Å²) < 4.78 is 36.7. The molecule has 3 aromatic rings. The van der Waals surface area contributed by atoms with Crippen LogP contribution in [0, 0.1) is 13.8 Å². The van der Waals surface area contributed by atoms with Crippen LogP contribution in [0.15, 0.2) is 68.7 Å². The average Bonchev–Trinajstić information content (AvgIpc) is 3.30. The van der Waals surface area contributed by atoms with E-state index in [0.29, 0.717) is 0 Å². The largest absolute Gasteiger partial charge is 0.468 e. The van der Waals surface area contributed by atoms with Gasteiger partial charge in [-0.3, -0.25) is 4.79 Å². The van der Waals surface area contributed by atoms with Gasteiger partial charge in [0.15, 0.2) is 15.6 Å². The van der Waals surface area contributed by atoms with Crippen molar-refractivity contribution in [2.24, 2.45) is 0 Å². The lowest BCUT2D eigenvalue weighted by molar-refractivity contribution is 0.0925. The van der Waals surface area contributed by atoms with E-state index in [9.17, 15) is 13.2 Å². The normalized spacial score (nSPS) is 12.7. The van der Waals surface area contributed by atoms with Crippen LogP contribution >= 0.6 is 0 Å². The van der Waals surface area contributed by atoms with Crippen molar-refractivity contribution in [1.29, 1.82) is 0 Å². The third kappa shape index (κ3) is 3.57. The Balaban J connectivity index is 1.90. The van der Waals surface area contributed by atoms with Gasteiger partial charge in [0, 0.05) is 6.54 Å². The van der Waals surface area contributed by atoms with E-state index in [2.05, 4.69) is 5.32 Å². The summed E-state index contributed by atoms with van der Waals surface area (Å²) in [5, 5.41) is 1.56. The van der Waals surface area contributed by atoms with Crippen molar-refractivity contribution in [3.8, 4) is 0 Å². The maximum absolute atomic E-state index is 13.2. The van der Waals surface area contributed by atoms with Gasteiger partial charge in [0.1, 0.15) is 11.0 Å². The third-order valence-electron chi connectivity index (χ3n) is 4.23. The second-order valence-corrected chi connectivity index (χ2v) is 8.11. The van der Waals surface area contributed by atoms with E-state index >= 15 is 0 Å². The number of amides is 1. The molecule has 3 rings (SSSR count). The molecule has 0 aliphatic rings. The molecule has 136 valence electrons. The first-order valence-electron chi connectivity index (χ1n) is 8.06. The number of benzene rings is 1. The molecule has 0 bridgehead atoms. The zero-order valence-electron chi connectivity index (χ0n) is 14.4. The molecule has 26 heavy (non-hydrogen) atoms. The molecule has 1 aromatic carbocycles. The fourth-order valence-electron chi connectivity index (χ4n) is 2.57. The maximum atomic E-state index is 13.2. The average molecular weight is 373 g/mol. The second-order valence-electron chi connectivity index (χ2n) is 5.98. The van der Waals surface area contributed by atoms with Gasteiger partial charge in [0.05, 0.1) is 17.4 Å². The Morgan fingerprint density at radius 3 is 2.38 bits per heavy atom. The number of hydrogen-bond acceptors (Lipinski definition) is 5. The molecule has 7 heteroatoms. The van der Waals surface area contributed by atoms with Crippen molar-refractivity contribution in [1.82, 2.24) is 5.32 Å². The van der Waals surface area contributed by atoms with Crippen LogP contribution in [0.4, 0.5) is 0 Å². The first-order valence-corrected chi connectivity index (χ1v) is 9.60. The number of rotatable bonds is 6. The van der Waals surface area contributed by atoms with Gasteiger partial charge < -0.3 is 14.2 Å². The van der Waals surface area contributed by atoms with Crippen molar-refractivity contribution in [3.05, 3.63) is 77.6 Å². The van der Waals surface area contributed by atoms with Gasteiger partial charge in [-0.2, -0.15) is 0 Å². The minimum Gasteiger partial charge on any atom is -0.468 e. The number of nitrogens with one attached hydrogen (secondary N) is 1. The molecule has 0 spiro atoms. The van der Waals surface area contributed by atoms with Crippen molar-refractivity contribution >= 4 is 15.7 Å². The van der Waals surface area contributed by atoms with Gasteiger partial charge in [0.25, 0.3) is 5.91 Å². The van der Waals surface area contributed by atoms with E-state index in [1.165, 1.54) is 18.6 Å². The van der Waals surface area contributed by atoms with Crippen LogP contribution in [0.2, 0.25) is 0 Å². The third-order valence-corrected chi connectivity index (χ3v) is 6.29. The SMILES string of the molecule is Cc1ccc(S(=O)(=O)[C@H](CNC(=O)c2ccco2)c2ccco2)cc1C. The summed E-state index contributed by atoms with van der Waals surface area (Å²) in [5.41, 5.74) is 1.88. The summed E-state index contributed by atoms with van der Waals surface area (Å²) >= 11 is 0. The molecule has 1 N–H and O–H groups in total. The van der Waals surface area contributed by atoms with Crippen LogP contribution in [0.5, 0.6) is 0 Å². The van der Waals surface area contributed by atoms with Gasteiger partial charge in [-0.1, -0.05) is 6.07 Å². The van der Waals surface area contributed by atoms with E-state index in [1.54, 1.807) is 36.4 Å². The molecule has 0 unspecified atom stereocenters. The molecule has 0 fully saturated rings. The van der Waals surface area contributed by atoms with E-state index in [1.807, 2.05) is 13.8 Å². The summed E-state index contributed by atoms with van der Waals surface area (Å²) in [5.74, 6) is -0.100. The first kappa shape index (κ1) is 18.0. The lowest BCUT2D eigenvalue weighted by atomic mass is 10.1. The van der Waals surface area contributed by atoms with Crippen LogP contribution in [-0.4, -0.2) is 20.9 Å². The Hall–Kier alpha value is -2.80. The van der Waals surface area contributed by atoms with E-state index in [0.717, 1.165) is 11.1 Å². The van der Waals surface area contributed by atoms with E-state index < -0.39 is 21.0 Å². The Labute approximate surface area is 151 Å². The Kier molecular flexibility index (Phi) is 4.99. The number of hydrogen-bond donors (Lipinski definition) is 1. The molecule has 1 atom stereocenters. The summed E-state index contributed by atoms with van der Waals surface area (Å²) in [4.78, 5) is 12.3. The van der Waals surface area contributed by atoms with Gasteiger partial charge in [-0.05, 0) is 61.4 Å². The van der Waals surface area contributed by atoms with Gasteiger partial charge in [0.2, 0.25) is 0 Å². The van der Waals surface area contributed by atoms with Gasteiger partial charge >= 0.3 is 0 Å². The number of sulfone groups is 1. The molecule has 6 nitrogen and oxygen atoms in total. The summed E-state index contributed by atoms with van der Waals surface area (Å²) in [6.45, 7) is 3.64. The molecule has 0 saturated carbocycles. The Bertz CT molecular complexity index is 989. The van der Waals surface area contributed by atoms with Crippen LogP contribution in [0.25, 0.3) is 0 Å². The smallest absolute Gasteiger partial charge is 0.287 e. The number of carbonyl (C=O) groups excluding carboxylic acids is 1. The fourth-order valence-corrected chi connectivity index (χ4v) is 4.24. The predicted molar refractivity (Wildman–Crippen MR) is 95.6 cm³/mol. The minimum absolute atomic E-state index is 0.117. The van der Waals surface area contributed by atoms with Gasteiger partial charge in [-0.15, -0.1) is 0 Å². The summed E-state index contributed by atoms with van der Waals surface area (Å²) in [6, 6.07) is 11.3. The lowest BCUT2D eigenvalue weighted by Gasteiger charge is -2.17. The summed E-state index contributed by atoms with van der Waals surface area (Å²) in [7, 11) is -3.77. The monoisotopic (exact) mass is 373 g/mol. The number of furan rings is 2. The minimum atomic E-state index is -3.77. The highest BCUT2D eigenvalue weighted by Crippen LogP contribution is 2.30. The number of carbonyl (C=O) groups is 1. The van der Waals surface area contributed by atoms with Gasteiger partial charge in [-0.25, -0.2) is 8.42 Å². The highest BCUT2D eigenvalue weighted by molar-refractivity contribution is 7.91. The highest BCUT2D eigenvalue weighted by Gasteiger charge is 2.32. The summed E-state index contributed by atoms with van der Waals surface area (Å²) in [6.07, 6.45) is 2.79. The van der Waals surface area contributed by atoms with Crippen molar-refractivity contribution < 1.29 is 22.0 Å². The number of aryl methyl sites for hydroxylation is 2. The highest BCUT2D eigenvalue weighted by atomic mass is 32.2. The first-order chi connectivity index (χ1) is 12.4. The lowest BCUT2D eigenvalue weighted by Crippen LogP contribution is -2.31. The molecule has 1 amide bonds. The van der Waals surface area contributed by atoms with Crippen molar-refractivity contribution in [2.45, 2.75) is 24.0 Å². The molecule has 0 aliphatic heterocycles. The second kappa shape index (κ2) is 7.21. The molecule has 0 aliphatic carbocycles. The zero-order valence-corrected chi connectivity index (χ0v) is 15.2. The van der Waals surface area contributed by atoms with Crippen LogP contribution in [0.3, 0.4) is 0 Å². The van der Waals surface area contributed by atoms with Crippen LogP contribution in [-0.2, 0) is 9.84 Å². The predicted octanol–water partition coefficient (Wildman–Crippen LogP) is 3.43. The quantitative estimate of drug-likeness (QED) is 0.715. The zero-order chi connectivity index (χ0) is 18.7. The molecule has 2 heterocycles. The van der Waals surface area contributed by atoms with Crippen LogP contribution in [0.1, 0.15) is 32.7 Å². The van der Waals surface area contributed by atoms with Crippen molar-refractivity contribution in [2.75, 3.05) is 6.54 Å². The Morgan fingerprint density at radius 2 is 1.77 bits per heavy atom. The molecular weight excluding hydrogens is 354 g/mol. The molecule has 0 radical (unpaired) electrons. The van der Waals surface area contributed by atoms with Crippen molar-refractivity contribution in [3.63, 3.8) is 0 Å². The standard InChI is InChI=1S/C19H19NO5S/c1-13-7-8-15(11-14(13)2)26(22,23)18(16-5-3-9-24-16)12-20-19(21)17-6-4-10-25-17/h3-11,18H,12H2,1-2H3,(H,20,21)/t18-/m1/s1. The topological polar surface area (TPSA) is 89.5 Å². The van der Waals surface area contributed by atoms with Crippen LogP contribution < -0.4 is 5.32 Å². The Morgan fingerprint density at radius 1 is 1.04 bits per heavy atom. The molecule has 2 aromatic heterocycles. The molecular formula is C19H19NO5S. The van der Waals surface area contributed by atoms with E-state index in [4.69, 9.17) is 8.83 Å².